The molecule has 0 radical (unpaired) electrons. The van der Waals surface area contributed by atoms with Crippen LogP contribution in [0.1, 0.15) is 43.4 Å². The van der Waals surface area contributed by atoms with Crippen LogP contribution < -0.4 is 0 Å². The number of halogens is 3. The lowest BCUT2D eigenvalue weighted by Gasteiger charge is -2.21. The largest absolute Gasteiger partial charge is 0.417 e. The fraction of sp³-hybridized carbons (Fsp3) is 0.538. The Morgan fingerprint density at radius 1 is 1.26 bits per heavy atom. The van der Waals surface area contributed by atoms with Gasteiger partial charge in [0.05, 0.1) is 5.56 Å². The molecule has 1 aliphatic rings. The van der Waals surface area contributed by atoms with Crippen LogP contribution in [0, 0.1) is 11.3 Å². The number of thioether (sulfide) groups is 1. The zero-order chi connectivity index (χ0) is 13.9. The van der Waals surface area contributed by atoms with Gasteiger partial charge in [0.2, 0.25) is 0 Å². The van der Waals surface area contributed by atoms with Crippen LogP contribution in [-0.2, 0) is 6.18 Å². The van der Waals surface area contributed by atoms with Crippen molar-refractivity contribution >= 4 is 11.8 Å². The molecular formula is C13H13F3N2S. The zero-order valence-corrected chi connectivity index (χ0v) is 11.0. The van der Waals surface area contributed by atoms with E-state index in [9.17, 15) is 13.2 Å². The van der Waals surface area contributed by atoms with Gasteiger partial charge in [0.1, 0.15) is 6.07 Å². The summed E-state index contributed by atoms with van der Waals surface area (Å²) in [4.78, 5) is 3.98. The van der Waals surface area contributed by atoms with Crippen LogP contribution in [0.4, 0.5) is 13.2 Å². The van der Waals surface area contributed by atoms with Gasteiger partial charge >= 0.3 is 6.18 Å². The quantitative estimate of drug-likeness (QED) is 0.808. The molecule has 0 bridgehead atoms. The van der Waals surface area contributed by atoms with Crippen LogP contribution in [-0.4, -0.2) is 10.2 Å². The number of nitrogens with zero attached hydrogens (tertiary/aromatic N) is 2. The fourth-order valence-corrected chi connectivity index (χ4v) is 3.47. The molecular weight excluding hydrogens is 273 g/mol. The number of alkyl halides is 3. The Morgan fingerprint density at radius 2 is 1.95 bits per heavy atom. The van der Waals surface area contributed by atoms with Crippen molar-refractivity contribution in [3.63, 3.8) is 0 Å². The summed E-state index contributed by atoms with van der Waals surface area (Å²) in [6.07, 6.45) is 1.69. The lowest BCUT2D eigenvalue weighted by molar-refractivity contribution is -0.138. The van der Waals surface area contributed by atoms with Crippen LogP contribution in [0.15, 0.2) is 17.2 Å². The standard InChI is InChI=1S/C13H13F3N2S/c14-13(15,16)9-6-12(11(7-17)18-8-9)19-10-4-2-1-3-5-10/h6,8,10H,1-5H2. The van der Waals surface area contributed by atoms with Gasteiger partial charge < -0.3 is 0 Å². The number of nitriles is 1. The summed E-state index contributed by atoms with van der Waals surface area (Å²) in [5, 5.41) is 9.23. The molecule has 1 aromatic heterocycles. The Labute approximate surface area is 114 Å². The molecule has 2 rings (SSSR count). The Bertz CT molecular complexity index is 488. The predicted octanol–water partition coefficient (Wildman–Crippen LogP) is 4.40. The van der Waals surface area contributed by atoms with Gasteiger partial charge in [-0.15, -0.1) is 11.8 Å². The van der Waals surface area contributed by atoms with Crippen molar-refractivity contribution in [1.29, 1.82) is 5.26 Å². The van der Waals surface area contributed by atoms with Crippen molar-refractivity contribution in [2.45, 2.75) is 48.4 Å². The lowest BCUT2D eigenvalue weighted by Crippen LogP contribution is -2.10. The van der Waals surface area contributed by atoms with Gasteiger partial charge in [-0.2, -0.15) is 18.4 Å². The van der Waals surface area contributed by atoms with Crippen LogP contribution >= 0.6 is 11.8 Å². The molecule has 0 unspecified atom stereocenters. The van der Waals surface area contributed by atoms with Crippen LogP contribution in [0.2, 0.25) is 0 Å². The van der Waals surface area contributed by atoms with E-state index in [0.717, 1.165) is 37.9 Å². The van der Waals surface area contributed by atoms with E-state index in [1.54, 1.807) is 0 Å². The maximum atomic E-state index is 12.6. The average molecular weight is 286 g/mol. The Balaban J connectivity index is 2.23. The van der Waals surface area contributed by atoms with Gasteiger partial charge in [0, 0.05) is 16.3 Å². The minimum atomic E-state index is -4.41. The molecule has 1 aromatic rings. The average Bonchev–Trinajstić information content (AvgIpc) is 2.39. The Morgan fingerprint density at radius 3 is 2.53 bits per heavy atom. The fourth-order valence-electron chi connectivity index (χ4n) is 2.14. The third kappa shape index (κ3) is 3.63. The summed E-state index contributed by atoms with van der Waals surface area (Å²) in [7, 11) is 0. The predicted molar refractivity (Wildman–Crippen MR) is 66.7 cm³/mol. The first-order valence-electron chi connectivity index (χ1n) is 6.14. The van der Waals surface area contributed by atoms with Crippen molar-refractivity contribution in [3.8, 4) is 6.07 Å². The summed E-state index contributed by atoms with van der Waals surface area (Å²) in [5.74, 6) is 0. The van der Waals surface area contributed by atoms with Gasteiger partial charge in [-0.3, -0.25) is 0 Å². The normalized spacial score (nSPS) is 17.2. The molecule has 6 heteroatoms. The van der Waals surface area contributed by atoms with E-state index >= 15 is 0 Å². The third-order valence-corrected chi connectivity index (χ3v) is 4.50. The van der Waals surface area contributed by atoms with E-state index in [4.69, 9.17) is 5.26 Å². The molecule has 0 N–H and O–H groups in total. The molecule has 19 heavy (non-hydrogen) atoms. The first kappa shape index (κ1) is 14.2. The highest BCUT2D eigenvalue weighted by Crippen LogP contribution is 2.37. The molecule has 1 saturated carbocycles. The summed E-state index contributed by atoms with van der Waals surface area (Å²) in [5.41, 5.74) is -0.701. The number of rotatable bonds is 2. The third-order valence-electron chi connectivity index (χ3n) is 3.13. The van der Waals surface area contributed by atoms with E-state index in [0.29, 0.717) is 10.1 Å². The monoisotopic (exact) mass is 286 g/mol. The summed E-state index contributed by atoms with van der Waals surface area (Å²) < 4.78 is 37.9. The highest BCUT2D eigenvalue weighted by molar-refractivity contribution is 8.00. The minimum absolute atomic E-state index is 0.0866. The molecule has 0 saturated heterocycles. The summed E-state index contributed by atoms with van der Waals surface area (Å²) >= 11 is 1.36. The summed E-state index contributed by atoms with van der Waals surface area (Å²) in [6.45, 7) is 0. The van der Waals surface area contributed by atoms with Crippen molar-refractivity contribution in [1.82, 2.24) is 4.98 Å². The highest BCUT2D eigenvalue weighted by Gasteiger charge is 2.32. The highest BCUT2D eigenvalue weighted by atomic mass is 32.2. The van der Waals surface area contributed by atoms with E-state index in [1.807, 2.05) is 6.07 Å². The summed E-state index contributed by atoms with van der Waals surface area (Å²) in [6, 6.07) is 2.91. The van der Waals surface area contributed by atoms with Crippen LogP contribution in [0.25, 0.3) is 0 Å². The number of hydrogen-bond acceptors (Lipinski definition) is 3. The molecule has 102 valence electrons. The molecule has 1 aliphatic carbocycles. The first-order chi connectivity index (χ1) is 9.00. The van der Waals surface area contributed by atoms with E-state index in [-0.39, 0.29) is 5.69 Å². The van der Waals surface area contributed by atoms with Gasteiger partial charge in [0.15, 0.2) is 5.69 Å². The molecule has 0 atom stereocenters. The molecule has 0 aliphatic heterocycles. The van der Waals surface area contributed by atoms with E-state index < -0.39 is 11.7 Å². The molecule has 0 spiro atoms. The maximum absolute atomic E-state index is 12.6. The van der Waals surface area contributed by atoms with Crippen LogP contribution in [0.5, 0.6) is 0 Å². The first-order valence-corrected chi connectivity index (χ1v) is 7.02. The second kappa shape index (κ2) is 5.83. The van der Waals surface area contributed by atoms with Crippen molar-refractivity contribution in [2.24, 2.45) is 0 Å². The van der Waals surface area contributed by atoms with Crippen molar-refractivity contribution in [3.05, 3.63) is 23.5 Å². The maximum Gasteiger partial charge on any atom is 0.417 e. The smallest absolute Gasteiger partial charge is 0.244 e. The zero-order valence-electron chi connectivity index (χ0n) is 10.2. The van der Waals surface area contributed by atoms with Crippen molar-refractivity contribution in [2.75, 3.05) is 0 Å². The number of hydrogen-bond donors (Lipinski definition) is 0. The Hall–Kier alpha value is -1.22. The molecule has 1 fully saturated rings. The van der Waals surface area contributed by atoms with Gasteiger partial charge in [-0.05, 0) is 18.9 Å². The van der Waals surface area contributed by atoms with Crippen molar-refractivity contribution < 1.29 is 13.2 Å². The van der Waals surface area contributed by atoms with Gasteiger partial charge in [-0.25, -0.2) is 4.98 Å². The van der Waals surface area contributed by atoms with Gasteiger partial charge in [-0.1, -0.05) is 19.3 Å². The van der Waals surface area contributed by atoms with Crippen LogP contribution in [0.3, 0.4) is 0 Å². The molecule has 0 amide bonds. The SMILES string of the molecule is N#Cc1ncc(C(F)(F)F)cc1SC1CCCCC1. The van der Waals surface area contributed by atoms with E-state index in [2.05, 4.69) is 4.98 Å². The van der Waals surface area contributed by atoms with E-state index in [1.165, 1.54) is 18.2 Å². The topological polar surface area (TPSA) is 36.7 Å². The Kier molecular flexibility index (Phi) is 4.35. The molecule has 0 aromatic carbocycles. The van der Waals surface area contributed by atoms with Gasteiger partial charge in [0.25, 0.3) is 0 Å². The lowest BCUT2D eigenvalue weighted by atomic mass is 10.0. The molecule has 1 heterocycles. The second-order valence-electron chi connectivity index (χ2n) is 4.56. The number of pyridine rings is 1. The molecule has 2 nitrogen and oxygen atoms in total. The second-order valence-corrected chi connectivity index (χ2v) is 5.90. The number of aromatic nitrogens is 1. The minimum Gasteiger partial charge on any atom is -0.244 e.